The molecule has 1 unspecified atom stereocenters. The Balaban J connectivity index is 2.03. The number of alkyl halides is 1. The van der Waals surface area contributed by atoms with Gasteiger partial charge in [0, 0.05) is 11.2 Å². The minimum absolute atomic E-state index is 0.577. The topological polar surface area (TPSA) is 12.9 Å². The zero-order valence-corrected chi connectivity index (χ0v) is 11.9. The summed E-state index contributed by atoms with van der Waals surface area (Å²) in [5.41, 5.74) is 1.14. The third kappa shape index (κ3) is 3.05. The fraction of sp³-hybridized carbons (Fsp3) is 0.462. The maximum absolute atomic E-state index is 4.65. The lowest BCUT2D eigenvalue weighted by molar-refractivity contribution is 0.686. The van der Waals surface area contributed by atoms with E-state index in [1.807, 2.05) is 11.3 Å². The van der Waals surface area contributed by atoms with E-state index in [1.54, 1.807) is 0 Å². The molecule has 1 heterocycles. The molecule has 0 bridgehead atoms. The minimum Gasteiger partial charge on any atom is -0.241 e. The maximum Gasteiger partial charge on any atom is 0.0949 e. The van der Waals surface area contributed by atoms with Crippen molar-refractivity contribution in [2.24, 2.45) is 0 Å². The summed E-state index contributed by atoms with van der Waals surface area (Å²) in [5.74, 6) is 0. The lowest BCUT2D eigenvalue weighted by Crippen LogP contribution is -2.01. The molecule has 1 atom stereocenters. The second-order valence-corrected chi connectivity index (χ2v) is 6.43. The van der Waals surface area contributed by atoms with Crippen LogP contribution in [-0.4, -0.2) is 9.81 Å². The molecule has 3 heteroatoms. The van der Waals surface area contributed by atoms with E-state index in [1.165, 1.54) is 29.0 Å². The molecule has 1 aromatic carbocycles. The summed E-state index contributed by atoms with van der Waals surface area (Å²) in [5, 5.41) is 1.25. The predicted octanol–water partition coefficient (Wildman–Crippen LogP) is 4.79. The lowest BCUT2D eigenvalue weighted by atomic mass is 10.2. The first-order chi connectivity index (χ1) is 7.79. The number of para-hydroxylation sites is 1. The molecule has 0 radical (unpaired) electrons. The number of benzene rings is 1. The van der Waals surface area contributed by atoms with Crippen LogP contribution in [0.15, 0.2) is 24.3 Å². The normalized spacial score (nSPS) is 13.1. The summed E-state index contributed by atoms with van der Waals surface area (Å²) in [6.07, 6.45) is 4.86. The van der Waals surface area contributed by atoms with Gasteiger partial charge in [-0.2, -0.15) is 0 Å². The monoisotopic (exact) mass is 297 g/mol. The van der Waals surface area contributed by atoms with Crippen molar-refractivity contribution in [2.45, 2.75) is 37.4 Å². The molecule has 1 nitrogen and oxygen atoms in total. The number of fused-ring (bicyclic) bond motifs is 1. The second kappa shape index (κ2) is 5.78. The Kier molecular flexibility index (Phi) is 4.36. The Hall–Kier alpha value is -0.410. The van der Waals surface area contributed by atoms with Gasteiger partial charge < -0.3 is 0 Å². The molecule has 0 saturated heterocycles. The van der Waals surface area contributed by atoms with Gasteiger partial charge in [-0.15, -0.1) is 11.3 Å². The van der Waals surface area contributed by atoms with Crippen molar-refractivity contribution in [3.8, 4) is 0 Å². The molecule has 16 heavy (non-hydrogen) atoms. The third-order valence-electron chi connectivity index (χ3n) is 2.61. The van der Waals surface area contributed by atoms with Crippen molar-refractivity contribution in [1.29, 1.82) is 0 Å². The van der Waals surface area contributed by atoms with Gasteiger partial charge in [-0.1, -0.05) is 47.8 Å². The van der Waals surface area contributed by atoms with Crippen LogP contribution in [0.5, 0.6) is 0 Å². The van der Waals surface area contributed by atoms with Crippen LogP contribution in [0.1, 0.15) is 31.2 Å². The standard InChI is InChI=1S/C13H16BrNS/c1-2-3-6-10(14)9-13-15-11-7-4-5-8-12(11)16-13/h4-5,7-8,10H,2-3,6,9H2,1H3. The highest BCUT2D eigenvalue weighted by atomic mass is 79.9. The largest absolute Gasteiger partial charge is 0.241 e. The van der Waals surface area contributed by atoms with Crippen LogP contribution in [0.2, 0.25) is 0 Å². The van der Waals surface area contributed by atoms with E-state index in [2.05, 4.69) is 52.1 Å². The van der Waals surface area contributed by atoms with Crippen molar-refractivity contribution in [2.75, 3.05) is 0 Å². The van der Waals surface area contributed by atoms with Crippen LogP contribution in [0, 0.1) is 0 Å². The molecule has 86 valence electrons. The minimum atomic E-state index is 0.577. The number of aromatic nitrogens is 1. The van der Waals surface area contributed by atoms with Crippen molar-refractivity contribution in [1.82, 2.24) is 4.98 Å². The van der Waals surface area contributed by atoms with Gasteiger partial charge in [-0.3, -0.25) is 0 Å². The molecule has 0 aliphatic heterocycles. The average molecular weight is 298 g/mol. The quantitative estimate of drug-likeness (QED) is 0.723. The van der Waals surface area contributed by atoms with E-state index in [-0.39, 0.29) is 0 Å². The van der Waals surface area contributed by atoms with Crippen LogP contribution >= 0.6 is 27.3 Å². The van der Waals surface area contributed by atoms with E-state index < -0.39 is 0 Å². The molecule has 0 saturated carbocycles. The third-order valence-corrected chi connectivity index (χ3v) is 4.45. The van der Waals surface area contributed by atoms with Gasteiger partial charge in [0.2, 0.25) is 0 Å². The smallest absolute Gasteiger partial charge is 0.0949 e. The number of halogens is 1. The predicted molar refractivity (Wildman–Crippen MR) is 75.6 cm³/mol. The van der Waals surface area contributed by atoms with E-state index in [9.17, 15) is 0 Å². The molecule has 0 spiro atoms. The van der Waals surface area contributed by atoms with Gasteiger partial charge in [0.1, 0.15) is 0 Å². The van der Waals surface area contributed by atoms with Gasteiger partial charge >= 0.3 is 0 Å². The van der Waals surface area contributed by atoms with E-state index >= 15 is 0 Å². The fourth-order valence-electron chi connectivity index (χ4n) is 1.72. The van der Waals surface area contributed by atoms with Crippen molar-refractivity contribution < 1.29 is 0 Å². The van der Waals surface area contributed by atoms with Crippen LogP contribution in [0.4, 0.5) is 0 Å². The summed E-state index contributed by atoms with van der Waals surface area (Å²) in [7, 11) is 0. The van der Waals surface area contributed by atoms with Gasteiger partial charge in [0.05, 0.1) is 15.2 Å². The highest BCUT2D eigenvalue weighted by Gasteiger charge is 2.09. The van der Waals surface area contributed by atoms with Gasteiger partial charge in [-0.05, 0) is 18.6 Å². The summed E-state index contributed by atoms with van der Waals surface area (Å²) in [4.78, 5) is 5.23. The SMILES string of the molecule is CCCCC(Br)Cc1nc2ccccc2s1. The van der Waals surface area contributed by atoms with Crippen LogP contribution in [0.3, 0.4) is 0 Å². The first-order valence-corrected chi connectivity index (χ1v) is 7.51. The number of rotatable bonds is 5. The van der Waals surface area contributed by atoms with Crippen LogP contribution in [-0.2, 0) is 6.42 Å². The Labute approximate surface area is 109 Å². The van der Waals surface area contributed by atoms with Crippen LogP contribution in [0.25, 0.3) is 10.2 Å². The van der Waals surface area contributed by atoms with E-state index in [0.717, 1.165) is 11.9 Å². The molecule has 2 aromatic rings. The second-order valence-electron chi connectivity index (χ2n) is 4.02. The van der Waals surface area contributed by atoms with E-state index in [0.29, 0.717) is 4.83 Å². The average Bonchev–Trinajstić information content (AvgIpc) is 2.68. The number of hydrogen-bond donors (Lipinski definition) is 0. The molecule has 2 rings (SSSR count). The highest BCUT2D eigenvalue weighted by molar-refractivity contribution is 9.09. The van der Waals surface area contributed by atoms with Gasteiger partial charge in [0.15, 0.2) is 0 Å². The number of nitrogens with zero attached hydrogens (tertiary/aromatic N) is 1. The maximum atomic E-state index is 4.65. The molecular weight excluding hydrogens is 282 g/mol. The summed E-state index contributed by atoms with van der Waals surface area (Å²) < 4.78 is 1.30. The molecule has 0 N–H and O–H groups in total. The van der Waals surface area contributed by atoms with Gasteiger partial charge in [-0.25, -0.2) is 4.98 Å². The Morgan fingerprint density at radius 3 is 2.94 bits per heavy atom. The molecular formula is C13H16BrNS. The molecule has 1 aromatic heterocycles. The van der Waals surface area contributed by atoms with Crippen molar-refractivity contribution in [3.63, 3.8) is 0 Å². The number of hydrogen-bond acceptors (Lipinski definition) is 2. The Bertz CT molecular complexity index is 419. The van der Waals surface area contributed by atoms with Crippen molar-refractivity contribution >= 4 is 37.5 Å². The first kappa shape index (κ1) is 12.1. The molecule has 0 amide bonds. The number of unbranched alkanes of at least 4 members (excludes halogenated alkanes) is 1. The number of thiazole rings is 1. The zero-order chi connectivity index (χ0) is 11.4. The molecule has 0 fully saturated rings. The summed E-state index contributed by atoms with van der Waals surface area (Å²) >= 11 is 5.56. The molecule has 0 aliphatic carbocycles. The zero-order valence-electron chi connectivity index (χ0n) is 9.45. The summed E-state index contributed by atoms with van der Waals surface area (Å²) in [6, 6.07) is 8.36. The Morgan fingerprint density at radius 2 is 2.19 bits per heavy atom. The van der Waals surface area contributed by atoms with Crippen LogP contribution < -0.4 is 0 Å². The summed E-state index contributed by atoms with van der Waals surface area (Å²) in [6.45, 7) is 2.23. The lowest BCUT2D eigenvalue weighted by Gasteiger charge is -2.05. The molecule has 0 aliphatic rings. The van der Waals surface area contributed by atoms with Gasteiger partial charge in [0.25, 0.3) is 0 Å². The fourth-order valence-corrected chi connectivity index (χ4v) is 3.62. The van der Waals surface area contributed by atoms with E-state index in [4.69, 9.17) is 0 Å². The Morgan fingerprint density at radius 1 is 1.38 bits per heavy atom. The van der Waals surface area contributed by atoms with Crippen molar-refractivity contribution in [3.05, 3.63) is 29.3 Å². The first-order valence-electron chi connectivity index (χ1n) is 5.78. The highest BCUT2D eigenvalue weighted by Crippen LogP contribution is 2.25.